The molecule has 3 aromatic rings. The molecule has 0 saturated carbocycles. The molecule has 0 bridgehead atoms. The Balaban J connectivity index is 2.00. The van der Waals surface area contributed by atoms with E-state index < -0.39 is 23.5 Å². The number of imide groups is 1. The lowest BCUT2D eigenvalue weighted by molar-refractivity contribution is -0.576. The fourth-order valence-electron chi connectivity index (χ4n) is 3.82. The molecule has 1 aliphatic rings. The lowest BCUT2D eigenvalue weighted by Crippen LogP contribution is -2.39. The Morgan fingerprint density at radius 1 is 1.06 bits per heavy atom. The topological polar surface area (TPSA) is 82.1 Å². The molecular weight excluding hydrogens is 411 g/mol. The van der Waals surface area contributed by atoms with Crippen LogP contribution in [0.25, 0.3) is 17.0 Å². The van der Waals surface area contributed by atoms with Gasteiger partial charge in [0.15, 0.2) is 12.4 Å². The van der Waals surface area contributed by atoms with E-state index in [1.165, 1.54) is 29.2 Å². The monoisotopic (exact) mass is 434 g/mol. The van der Waals surface area contributed by atoms with Crippen LogP contribution < -0.4 is 9.67 Å². The summed E-state index contributed by atoms with van der Waals surface area (Å²) in [4.78, 5) is 27.8. The summed E-state index contributed by atoms with van der Waals surface area (Å²) < 4.78 is 16.1. The number of halogens is 1. The summed E-state index contributed by atoms with van der Waals surface area (Å²) in [5.74, 6) is -2.12. The van der Waals surface area contributed by atoms with Gasteiger partial charge in [0.25, 0.3) is 11.6 Å². The fourth-order valence-corrected chi connectivity index (χ4v) is 3.82. The molecule has 0 aliphatic carbocycles. The second kappa shape index (κ2) is 8.37. The van der Waals surface area contributed by atoms with E-state index in [1.807, 2.05) is 20.8 Å². The normalized spacial score (nSPS) is 14.2. The van der Waals surface area contributed by atoms with Gasteiger partial charge in [-0.25, -0.2) is 9.07 Å². The number of hydrogen-bond donors (Lipinski definition) is 0. The Morgan fingerprint density at radius 2 is 1.72 bits per heavy atom. The van der Waals surface area contributed by atoms with Gasteiger partial charge in [0.1, 0.15) is 11.4 Å². The van der Waals surface area contributed by atoms with Crippen LogP contribution in [-0.2, 0) is 9.59 Å². The minimum Gasteiger partial charge on any atom is -0.858 e. The fraction of sp³-hybridized carbons (Fsp3) is 0.250. The molecule has 32 heavy (non-hydrogen) atoms. The van der Waals surface area contributed by atoms with Crippen molar-refractivity contribution in [2.75, 3.05) is 6.54 Å². The number of amides is 2. The van der Waals surface area contributed by atoms with E-state index in [2.05, 4.69) is 5.10 Å². The molecule has 3 heterocycles. The number of nitrogens with zero attached hydrogens (tertiary/aromatic N) is 4. The first-order valence-electron chi connectivity index (χ1n) is 10.5. The van der Waals surface area contributed by atoms with Crippen molar-refractivity contribution in [1.82, 2.24) is 14.7 Å². The van der Waals surface area contributed by atoms with E-state index >= 15 is 0 Å². The van der Waals surface area contributed by atoms with Gasteiger partial charge in [-0.15, -0.1) is 0 Å². The Hall–Kier alpha value is -3.81. The standard InChI is InChI=1S/C24H23FN4O3/c1-4-12-28-22(30)19(21(24(28)32)27-13-6-5-7-14-27)18-20(15(2)3)26-29(23(18)31)17-10-8-16(25)9-11-17/h5-11,13-15H,4,12H2,1-3H3. The van der Waals surface area contributed by atoms with Crippen molar-refractivity contribution in [3.8, 4) is 11.6 Å². The van der Waals surface area contributed by atoms with Crippen LogP contribution in [0.15, 0.2) is 54.9 Å². The molecule has 0 fully saturated rings. The van der Waals surface area contributed by atoms with Crippen LogP contribution in [-0.4, -0.2) is 33.0 Å². The number of carbonyl (C=O) groups is 2. The summed E-state index contributed by atoms with van der Waals surface area (Å²) in [6.45, 7) is 5.84. The van der Waals surface area contributed by atoms with Crippen molar-refractivity contribution in [3.05, 3.63) is 71.9 Å². The molecule has 0 saturated heterocycles. The zero-order valence-corrected chi connectivity index (χ0v) is 18.1. The Bertz CT molecular complexity index is 1210. The molecule has 7 nitrogen and oxygen atoms in total. The van der Waals surface area contributed by atoms with Crippen molar-refractivity contribution in [1.29, 1.82) is 0 Å². The van der Waals surface area contributed by atoms with E-state index in [1.54, 1.807) is 35.2 Å². The smallest absolute Gasteiger partial charge is 0.326 e. The lowest BCUT2D eigenvalue weighted by atomic mass is 9.98. The van der Waals surface area contributed by atoms with Crippen molar-refractivity contribution in [3.63, 3.8) is 0 Å². The first-order valence-corrected chi connectivity index (χ1v) is 10.5. The Morgan fingerprint density at radius 3 is 2.31 bits per heavy atom. The first kappa shape index (κ1) is 21.4. The number of pyridine rings is 1. The highest BCUT2D eigenvalue weighted by Crippen LogP contribution is 2.39. The van der Waals surface area contributed by atoms with Gasteiger partial charge in [0.2, 0.25) is 0 Å². The lowest BCUT2D eigenvalue weighted by Gasteiger charge is -2.15. The molecule has 4 rings (SSSR count). The van der Waals surface area contributed by atoms with Crippen molar-refractivity contribution >= 4 is 23.1 Å². The number of benzene rings is 1. The van der Waals surface area contributed by atoms with E-state index in [0.717, 1.165) is 4.68 Å². The summed E-state index contributed by atoms with van der Waals surface area (Å²) in [6.07, 6.45) is 3.92. The van der Waals surface area contributed by atoms with Crippen molar-refractivity contribution in [2.24, 2.45) is 0 Å². The van der Waals surface area contributed by atoms with Crippen LogP contribution in [0.2, 0.25) is 0 Å². The van der Waals surface area contributed by atoms with Gasteiger partial charge in [-0.05, 0) is 42.5 Å². The first-order chi connectivity index (χ1) is 15.3. The van der Waals surface area contributed by atoms with E-state index in [9.17, 15) is 19.1 Å². The predicted octanol–water partition coefficient (Wildman–Crippen LogP) is 2.64. The van der Waals surface area contributed by atoms with Gasteiger partial charge in [-0.2, -0.15) is 9.67 Å². The number of aromatic nitrogens is 3. The van der Waals surface area contributed by atoms with Crippen molar-refractivity contribution in [2.45, 2.75) is 33.1 Å². The van der Waals surface area contributed by atoms with Crippen LogP contribution in [0, 0.1) is 5.82 Å². The Labute approximate surface area is 185 Å². The second-order valence-electron chi connectivity index (χ2n) is 7.88. The maximum Gasteiger partial charge on any atom is 0.326 e. The summed E-state index contributed by atoms with van der Waals surface area (Å²) in [7, 11) is 0. The molecule has 2 amide bonds. The molecule has 0 N–H and O–H groups in total. The molecule has 164 valence electrons. The molecule has 0 radical (unpaired) electrons. The Kier molecular flexibility index (Phi) is 5.61. The van der Waals surface area contributed by atoms with E-state index in [4.69, 9.17) is 0 Å². The van der Waals surface area contributed by atoms with Crippen LogP contribution in [0.3, 0.4) is 0 Å². The zero-order valence-electron chi connectivity index (χ0n) is 18.1. The predicted molar refractivity (Wildman–Crippen MR) is 114 cm³/mol. The number of carbonyl (C=O) groups excluding carboxylic acids is 2. The van der Waals surface area contributed by atoms with Gasteiger partial charge < -0.3 is 5.11 Å². The maximum atomic E-state index is 13.5. The van der Waals surface area contributed by atoms with Gasteiger partial charge in [-0.3, -0.25) is 14.5 Å². The molecule has 0 atom stereocenters. The minimum atomic E-state index is -0.524. The van der Waals surface area contributed by atoms with E-state index in [-0.39, 0.29) is 29.3 Å². The summed E-state index contributed by atoms with van der Waals surface area (Å²) in [5.41, 5.74) is 1.06. The largest absolute Gasteiger partial charge is 0.858 e. The quantitative estimate of drug-likeness (QED) is 0.441. The van der Waals surface area contributed by atoms with Crippen LogP contribution >= 0.6 is 0 Å². The summed E-state index contributed by atoms with van der Waals surface area (Å²) in [5, 5.41) is 18.0. The van der Waals surface area contributed by atoms with Gasteiger partial charge >= 0.3 is 5.91 Å². The van der Waals surface area contributed by atoms with Crippen molar-refractivity contribution < 1.29 is 23.7 Å². The molecule has 2 aromatic heterocycles. The third kappa shape index (κ3) is 3.47. The number of rotatable bonds is 6. The molecule has 1 aliphatic heterocycles. The third-order valence-electron chi connectivity index (χ3n) is 5.30. The SMILES string of the molecule is CCCN1C(=O)C(c2c(C(C)C)nn(-c3ccc(F)cc3)c2[O-])=C([n+]2ccccc2)C1=O. The van der Waals surface area contributed by atoms with E-state index in [0.29, 0.717) is 17.8 Å². The zero-order chi connectivity index (χ0) is 23.0. The van der Waals surface area contributed by atoms with Gasteiger partial charge in [0.05, 0.1) is 11.4 Å². The average Bonchev–Trinajstić information content (AvgIpc) is 3.24. The van der Waals surface area contributed by atoms with Crippen LogP contribution in [0.1, 0.15) is 44.4 Å². The molecule has 0 unspecified atom stereocenters. The molecular formula is C24H23FN4O3. The minimum absolute atomic E-state index is 0.0433. The average molecular weight is 434 g/mol. The van der Waals surface area contributed by atoms with Crippen LogP contribution in [0.4, 0.5) is 4.39 Å². The number of hydrogen-bond acceptors (Lipinski definition) is 4. The highest BCUT2D eigenvalue weighted by Gasteiger charge is 2.46. The summed E-state index contributed by atoms with van der Waals surface area (Å²) >= 11 is 0. The second-order valence-corrected chi connectivity index (χ2v) is 7.88. The highest BCUT2D eigenvalue weighted by atomic mass is 19.1. The van der Waals surface area contributed by atoms with Gasteiger partial charge in [0, 0.05) is 24.2 Å². The maximum absolute atomic E-state index is 13.5. The molecule has 8 heteroatoms. The molecule has 0 spiro atoms. The van der Waals surface area contributed by atoms with Crippen LogP contribution in [0.5, 0.6) is 5.88 Å². The third-order valence-corrected chi connectivity index (χ3v) is 5.30. The summed E-state index contributed by atoms with van der Waals surface area (Å²) in [6, 6.07) is 10.7. The molecule has 1 aromatic carbocycles. The van der Waals surface area contributed by atoms with Gasteiger partial charge in [-0.1, -0.05) is 26.8 Å². The highest BCUT2D eigenvalue weighted by molar-refractivity contribution is 6.44.